The zero-order chi connectivity index (χ0) is 14.4. The minimum absolute atomic E-state index is 0.221. The Balaban J connectivity index is 2.35. The second-order valence-electron chi connectivity index (χ2n) is 7.07. The van der Waals surface area contributed by atoms with Crippen LogP contribution in [0.25, 0.3) is 0 Å². The normalized spacial score (nSPS) is 41.8. The van der Waals surface area contributed by atoms with Crippen molar-refractivity contribution in [2.75, 3.05) is 27.4 Å². The van der Waals surface area contributed by atoms with Crippen molar-refractivity contribution in [2.24, 2.45) is 5.41 Å². The molecule has 0 saturated carbocycles. The van der Waals surface area contributed by atoms with Crippen LogP contribution in [0.3, 0.4) is 0 Å². The number of hydrogen-bond acceptors (Lipinski definition) is 4. The van der Waals surface area contributed by atoms with E-state index in [-0.39, 0.29) is 5.41 Å². The molecule has 4 heteroatoms. The van der Waals surface area contributed by atoms with Crippen LogP contribution < -0.4 is 0 Å². The van der Waals surface area contributed by atoms with Gasteiger partial charge in [-0.3, -0.25) is 0 Å². The van der Waals surface area contributed by atoms with Crippen LogP contribution in [0.4, 0.5) is 0 Å². The quantitative estimate of drug-likeness (QED) is 0.793. The SMILES string of the molecule is COC[C@@]12C=C[C@@](COC)(CC(O)(C(C)(C)C)C1)O2. The molecule has 2 heterocycles. The summed E-state index contributed by atoms with van der Waals surface area (Å²) in [5.41, 5.74) is -2.09. The van der Waals surface area contributed by atoms with Gasteiger partial charge < -0.3 is 19.3 Å². The highest BCUT2D eigenvalue weighted by Crippen LogP contribution is 2.53. The first-order chi connectivity index (χ1) is 8.70. The maximum absolute atomic E-state index is 11.1. The Morgan fingerprint density at radius 3 is 1.79 bits per heavy atom. The molecular weight excluding hydrogens is 244 g/mol. The molecule has 1 saturated heterocycles. The van der Waals surface area contributed by atoms with E-state index in [0.717, 1.165) is 0 Å². The molecule has 0 aromatic heterocycles. The summed E-state index contributed by atoms with van der Waals surface area (Å²) in [7, 11) is 3.32. The molecule has 1 fully saturated rings. The first-order valence-electron chi connectivity index (χ1n) is 6.81. The molecule has 0 radical (unpaired) electrons. The topological polar surface area (TPSA) is 47.9 Å². The van der Waals surface area contributed by atoms with Crippen molar-refractivity contribution in [1.82, 2.24) is 0 Å². The molecule has 1 N–H and O–H groups in total. The zero-order valence-corrected chi connectivity index (χ0v) is 12.7. The highest BCUT2D eigenvalue weighted by molar-refractivity contribution is 5.26. The fourth-order valence-electron chi connectivity index (χ4n) is 3.30. The lowest BCUT2D eigenvalue weighted by Gasteiger charge is -2.53. The van der Waals surface area contributed by atoms with Gasteiger partial charge in [0.2, 0.25) is 0 Å². The third-order valence-electron chi connectivity index (χ3n) is 4.45. The predicted octanol–water partition coefficient (Wildman–Crippen LogP) is 1.91. The van der Waals surface area contributed by atoms with Crippen LogP contribution in [0.5, 0.6) is 0 Å². The molecule has 0 aliphatic carbocycles. The van der Waals surface area contributed by atoms with Crippen LogP contribution in [-0.4, -0.2) is 49.3 Å². The highest BCUT2D eigenvalue weighted by atomic mass is 16.6. The van der Waals surface area contributed by atoms with Crippen LogP contribution in [0, 0.1) is 5.41 Å². The summed E-state index contributed by atoms with van der Waals surface area (Å²) in [5, 5.41) is 11.1. The third-order valence-corrected chi connectivity index (χ3v) is 4.45. The maximum atomic E-state index is 11.1. The lowest BCUT2D eigenvalue weighted by atomic mass is 9.65. The minimum atomic E-state index is -0.800. The van der Waals surface area contributed by atoms with Crippen LogP contribution >= 0.6 is 0 Å². The average Bonchev–Trinajstić information content (AvgIpc) is 2.50. The molecule has 2 aliphatic rings. The molecule has 2 bridgehead atoms. The van der Waals surface area contributed by atoms with Crippen molar-refractivity contribution in [3.8, 4) is 0 Å². The summed E-state index contributed by atoms with van der Waals surface area (Å²) < 4.78 is 16.8. The van der Waals surface area contributed by atoms with E-state index < -0.39 is 16.8 Å². The second-order valence-corrected chi connectivity index (χ2v) is 7.07. The lowest BCUT2D eigenvalue weighted by Crippen LogP contribution is -2.61. The first kappa shape index (κ1) is 15.0. The molecule has 3 atom stereocenters. The van der Waals surface area contributed by atoms with Gasteiger partial charge in [-0.05, 0) is 5.41 Å². The van der Waals surface area contributed by atoms with Gasteiger partial charge in [-0.1, -0.05) is 32.9 Å². The van der Waals surface area contributed by atoms with E-state index in [1.54, 1.807) is 14.2 Å². The Morgan fingerprint density at radius 2 is 1.47 bits per heavy atom. The maximum Gasteiger partial charge on any atom is 0.114 e. The van der Waals surface area contributed by atoms with Crippen molar-refractivity contribution in [3.63, 3.8) is 0 Å². The van der Waals surface area contributed by atoms with E-state index in [4.69, 9.17) is 14.2 Å². The van der Waals surface area contributed by atoms with Gasteiger partial charge in [0.25, 0.3) is 0 Å². The van der Waals surface area contributed by atoms with Crippen LogP contribution in [0.2, 0.25) is 0 Å². The smallest absolute Gasteiger partial charge is 0.114 e. The van der Waals surface area contributed by atoms with E-state index >= 15 is 0 Å². The molecule has 0 aromatic rings. The monoisotopic (exact) mass is 270 g/mol. The van der Waals surface area contributed by atoms with Gasteiger partial charge in [-0.2, -0.15) is 0 Å². The van der Waals surface area contributed by atoms with Gasteiger partial charge in [0, 0.05) is 27.1 Å². The largest absolute Gasteiger partial charge is 0.389 e. The van der Waals surface area contributed by atoms with Gasteiger partial charge in [0.05, 0.1) is 18.8 Å². The molecule has 0 aromatic carbocycles. The Kier molecular flexibility index (Phi) is 3.59. The van der Waals surface area contributed by atoms with Crippen molar-refractivity contribution >= 4 is 0 Å². The Labute approximate surface area is 115 Å². The molecule has 19 heavy (non-hydrogen) atoms. The van der Waals surface area contributed by atoms with Gasteiger partial charge in [0.1, 0.15) is 11.2 Å². The van der Waals surface area contributed by atoms with Gasteiger partial charge in [-0.15, -0.1) is 0 Å². The fourth-order valence-corrected chi connectivity index (χ4v) is 3.30. The third kappa shape index (κ3) is 2.47. The summed E-state index contributed by atoms with van der Waals surface area (Å²) in [6.07, 6.45) is 5.19. The Bertz CT molecular complexity index is 347. The Hall–Kier alpha value is -0.420. The lowest BCUT2D eigenvalue weighted by molar-refractivity contribution is -0.245. The number of rotatable bonds is 4. The standard InChI is InChI=1S/C15H26O4/c1-12(2,3)15(16)8-13(10-17-4)6-7-14(9-15,19-13)11-18-5/h6-7,16H,8-11H2,1-5H3/t13-,14+,15?. The summed E-state index contributed by atoms with van der Waals surface area (Å²) in [6.45, 7) is 7.11. The van der Waals surface area contributed by atoms with Crippen LogP contribution in [0.15, 0.2) is 12.2 Å². The van der Waals surface area contributed by atoms with Crippen molar-refractivity contribution < 1.29 is 19.3 Å². The number of fused-ring (bicyclic) bond motifs is 2. The van der Waals surface area contributed by atoms with Gasteiger partial charge >= 0.3 is 0 Å². The number of aliphatic hydroxyl groups is 1. The van der Waals surface area contributed by atoms with Crippen LogP contribution in [-0.2, 0) is 14.2 Å². The van der Waals surface area contributed by atoms with E-state index in [9.17, 15) is 5.11 Å². The number of ether oxygens (including phenoxy) is 3. The fraction of sp³-hybridized carbons (Fsp3) is 0.867. The predicted molar refractivity (Wildman–Crippen MR) is 73.1 cm³/mol. The zero-order valence-electron chi connectivity index (χ0n) is 12.7. The molecule has 2 aliphatic heterocycles. The summed E-state index contributed by atoms with van der Waals surface area (Å²) in [4.78, 5) is 0. The molecule has 2 rings (SSSR count). The first-order valence-corrected chi connectivity index (χ1v) is 6.81. The van der Waals surface area contributed by atoms with Crippen LogP contribution in [0.1, 0.15) is 33.6 Å². The average molecular weight is 270 g/mol. The van der Waals surface area contributed by atoms with Crippen molar-refractivity contribution in [3.05, 3.63) is 12.2 Å². The molecule has 0 spiro atoms. The van der Waals surface area contributed by atoms with Gasteiger partial charge in [-0.25, -0.2) is 0 Å². The van der Waals surface area contributed by atoms with E-state index in [1.807, 2.05) is 12.2 Å². The van der Waals surface area contributed by atoms with E-state index in [1.165, 1.54) is 0 Å². The number of methoxy groups -OCH3 is 2. The van der Waals surface area contributed by atoms with Crippen molar-refractivity contribution in [1.29, 1.82) is 0 Å². The Morgan fingerprint density at radius 1 is 1.05 bits per heavy atom. The summed E-state index contributed by atoms with van der Waals surface area (Å²) >= 11 is 0. The van der Waals surface area contributed by atoms with E-state index in [2.05, 4.69) is 20.8 Å². The highest BCUT2D eigenvalue weighted by Gasteiger charge is 2.60. The van der Waals surface area contributed by atoms with E-state index in [0.29, 0.717) is 26.1 Å². The minimum Gasteiger partial charge on any atom is -0.389 e. The molecule has 1 unspecified atom stereocenters. The molecule has 4 nitrogen and oxygen atoms in total. The molecular formula is C15H26O4. The molecule has 110 valence electrons. The van der Waals surface area contributed by atoms with Gasteiger partial charge in [0.15, 0.2) is 0 Å². The summed E-state index contributed by atoms with van der Waals surface area (Å²) in [5.74, 6) is 0. The second kappa shape index (κ2) is 4.55. The summed E-state index contributed by atoms with van der Waals surface area (Å²) in [6, 6.07) is 0. The number of hydrogen-bond donors (Lipinski definition) is 1. The van der Waals surface area contributed by atoms with Crippen molar-refractivity contribution in [2.45, 2.75) is 50.4 Å². The molecule has 0 amide bonds.